The number of aryl methyl sites for hydroxylation is 1. The summed E-state index contributed by atoms with van der Waals surface area (Å²) in [7, 11) is 3.70. The Kier molecular flexibility index (Phi) is 5.52. The van der Waals surface area contributed by atoms with Crippen LogP contribution in [0.4, 0.5) is 5.82 Å². The highest BCUT2D eigenvalue weighted by molar-refractivity contribution is 6.00. The quantitative estimate of drug-likeness (QED) is 0.370. The lowest BCUT2D eigenvalue weighted by Crippen LogP contribution is -2.57. The molecule has 2 bridgehead atoms. The minimum absolute atomic E-state index is 0.0200. The fraction of sp³-hybridized carbons (Fsp3) is 0.545. The highest BCUT2D eigenvalue weighted by Crippen LogP contribution is 2.43. The van der Waals surface area contributed by atoms with Gasteiger partial charge in [0, 0.05) is 68.3 Å². The number of fused-ring (bicyclic) bond motifs is 4. The van der Waals surface area contributed by atoms with Gasteiger partial charge in [-0.1, -0.05) is 0 Å². The van der Waals surface area contributed by atoms with Crippen molar-refractivity contribution in [1.29, 1.82) is 0 Å². The summed E-state index contributed by atoms with van der Waals surface area (Å²) in [5.41, 5.74) is 11.0. The van der Waals surface area contributed by atoms with E-state index in [0.29, 0.717) is 28.6 Å². The molecule has 9 rings (SSSR count). The summed E-state index contributed by atoms with van der Waals surface area (Å²) >= 11 is 0. The standard InChI is InChI=1S/C33H39N7O3/c1-37-29-23(11-22(13-26(29)42-2)32(41)40-15-21-5-7-24(40)28(21)34)35-31(37)25-12-20-6-8-27(36-30(20)39(25)14-19-3-4-19)38-16-33(17-38)9-10-43-18-33/h6,8,11-13,19,21,24,28H,3-5,7,9-10,14-18,34H2,1-2H3/t21?,24?,28-/m1/s1. The van der Waals surface area contributed by atoms with Crippen LogP contribution in [-0.4, -0.2) is 82.0 Å². The summed E-state index contributed by atoms with van der Waals surface area (Å²) in [6.07, 6.45) is 5.73. The molecule has 1 amide bonds. The number of imidazole rings is 1. The number of likely N-dealkylation sites (tertiary alicyclic amines) is 1. The van der Waals surface area contributed by atoms with Crippen molar-refractivity contribution in [1.82, 2.24) is 24.0 Å². The van der Waals surface area contributed by atoms with E-state index in [1.54, 1.807) is 7.11 Å². The topological polar surface area (TPSA) is 104 Å². The van der Waals surface area contributed by atoms with Crippen LogP contribution in [0.5, 0.6) is 5.75 Å². The van der Waals surface area contributed by atoms with E-state index in [2.05, 4.69) is 32.2 Å². The number of nitrogens with zero attached hydrogens (tertiary/aromatic N) is 6. The van der Waals surface area contributed by atoms with Crippen molar-refractivity contribution >= 4 is 33.8 Å². The van der Waals surface area contributed by atoms with Crippen LogP contribution in [0.15, 0.2) is 30.3 Å². The van der Waals surface area contributed by atoms with Crippen LogP contribution in [0.1, 0.15) is 42.5 Å². The van der Waals surface area contributed by atoms with Gasteiger partial charge >= 0.3 is 0 Å². The number of methoxy groups -OCH3 is 1. The van der Waals surface area contributed by atoms with Crippen molar-refractivity contribution in [3.05, 3.63) is 35.9 Å². The lowest BCUT2D eigenvalue weighted by Gasteiger charge is -2.47. The van der Waals surface area contributed by atoms with Gasteiger partial charge in [-0.15, -0.1) is 0 Å². The van der Waals surface area contributed by atoms with Gasteiger partial charge < -0.3 is 34.1 Å². The van der Waals surface area contributed by atoms with Crippen molar-refractivity contribution in [2.45, 2.75) is 50.7 Å². The zero-order valence-electron chi connectivity index (χ0n) is 25.0. The maximum absolute atomic E-state index is 13.7. The van der Waals surface area contributed by atoms with Crippen molar-refractivity contribution in [3.8, 4) is 17.3 Å². The van der Waals surface area contributed by atoms with E-state index in [9.17, 15) is 4.79 Å². The molecule has 10 nitrogen and oxygen atoms in total. The third kappa shape index (κ3) is 3.88. The number of ether oxygens (including phenoxy) is 2. The molecular weight excluding hydrogens is 542 g/mol. The van der Waals surface area contributed by atoms with E-state index < -0.39 is 0 Å². The Morgan fingerprint density at radius 3 is 2.70 bits per heavy atom. The van der Waals surface area contributed by atoms with Crippen molar-refractivity contribution in [3.63, 3.8) is 0 Å². The molecule has 5 aliphatic rings. The second-order valence-electron chi connectivity index (χ2n) is 13.8. The molecule has 3 atom stereocenters. The van der Waals surface area contributed by atoms with Gasteiger partial charge in [0.25, 0.3) is 5.91 Å². The Morgan fingerprint density at radius 2 is 2.00 bits per heavy atom. The maximum atomic E-state index is 13.7. The second kappa shape index (κ2) is 9.19. The SMILES string of the molecule is COc1cc(C(=O)N2CC3CCC2[C@@H]3N)cc2nc(-c3cc4ccc(N5CC6(CCOC6)C5)nc4n3CC3CC3)n(C)c12. The fourth-order valence-corrected chi connectivity index (χ4v) is 8.31. The summed E-state index contributed by atoms with van der Waals surface area (Å²) in [4.78, 5) is 28.5. The van der Waals surface area contributed by atoms with Gasteiger partial charge in [-0.2, -0.15) is 0 Å². The largest absolute Gasteiger partial charge is 0.494 e. The number of benzene rings is 1. The predicted molar refractivity (Wildman–Crippen MR) is 164 cm³/mol. The zero-order valence-corrected chi connectivity index (χ0v) is 25.0. The van der Waals surface area contributed by atoms with Crippen LogP contribution in [0.25, 0.3) is 33.6 Å². The first-order chi connectivity index (χ1) is 20.9. The molecule has 3 aliphatic heterocycles. The first-order valence-corrected chi connectivity index (χ1v) is 15.9. The minimum atomic E-state index is 0.0200. The molecule has 2 aliphatic carbocycles. The third-order valence-electron chi connectivity index (χ3n) is 11.0. The normalized spacial score (nSPS) is 25.9. The van der Waals surface area contributed by atoms with Crippen molar-refractivity contribution in [2.24, 2.45) is 30.0 Å². The van der Waals surface area contributed by atoms with Crippen LogP contribution < -0.4 is 15.4 Å². The van der Waals surface area contributed by atoms with E-state index in [4.69, 9.17) is 25.2 Å². The van der Waals surface area contributed by atoms with Gasteiger partial charge in [0.15, 0.2) is 5.82 Å². The average molecular weight is 582 g/mol. The molecule has 2 N–H and O–H groups in total. The Morgan fingerprint density at radius 1 is 1.14 bits per heavy atom. The fourth-order valence-electron chi connectivity index (χ4n) is 8.31. The number of carbonyl (C=O) groups is 1. The van der Waals surface area contributed by atoms with E-state index in [1.807, 2.05) is 24.1 Å². The molecule has 6 heterocycles. The highest BCUT2D eigenvalue weighted by Gasteiger charge is 2.47. The number of carbonyl (C=O) groups excluding carboxylic acids is 1. The van der Waals surface area contributed by atoms with Gasteiger partial charge in [0.05, 0.1) is 24.9 Å². The molecule has 10 heteroatoms. The van der Waals surface area contributed by atoms with Crippen LogP contribution in [0.3, 0.4) is 0 Å². The molecule has 5 fully saturated rings. The number of hydrogen-bond acceptors (Lipinski definition) is 7. The summed E-state index contributed by atoms with van der Waals surface area (Å²) in [6, 6.07) is 10.6. The smallest absolute Gasteiger partial charge is 0.254 e. The van der Waals surface area contributed by atoms with Crippen LogP contribution in [0, 0.1) is 17.3 Å². The van der Waals surface area contributed by atoms with E-state index in [1.165, 1.54) is 12.8 Å². The average Bonchev–Trinajstić information content (AvgIpc) is 3.33. The monoisotopic (exact) mass is 581 g/mol. The van der Waals surface area contributed by atoms with Gasteiger partial charge in [-0.3, -0.25) is 4.79 Å². The third-order valence-corrected chi connectivity index (χ3v) is 11.0. The van der Waals surface area contributed by atoms with Gasteiger partial charge in [-0.05, 0) is 74.3 Å². The van der Waals surface area contributed by atoms with Gasteiger partial charge in [-0.25, -0.2) is 9.97 Å². The number of pyridine rings is 1. The number of aromatic nitrogens is 4. The van der Waals surface area contributed by atoms with Gasteiger partial charge in [0.1, 0.15) is 22.7 Å². The second-order valence-corrected chi connectivity index (χ2v) is 13.8. The maximum Gasteiger partial charge on any atom is 0.254 e. The number of nitrogens with two attached hydrogens (primary N) is 1. The summed E-state index contributed by atoms with van der Waals surface area (Å²) < 4.78 is 16.0. The molecule has 1 aromatic carbocycles. The highest BCUT2D eigenvalue weighted by atomic mass is 16.5. The lowest BCUT2D eigenvalue weighted by molar-refractivity contribution is 0.0700. The van der Waals surface area contributed by atoms with E-state index in [-0.39, 0.29) is 18.0 Å². The number of anilines is 1. The summed E-state index contributed by atoms with van der Waals surface area (Å²) in [5.74, 6) is 3.64. The number of rotatable bonds is 6. The molecule has 2 saturated carbocycles. The Hall–Kier alpha value is -3.63. The van der Waals surface area contributed by atoms with E-state index in [0.717, 1.165) is 98.1 Å². The molecular formula is C33H39N7O3. The molecule has 43 heavy (non-hydrogen) atoms. The molecule has 0 radical (unpaired) electrons. The van der Waals surface area contributed by atoms with Crippen LogP contribution in [-0.2, 0) is 18.3 Å². The van der Waals surface area contributed by atoms with Gasteiger partial charge in [0.2, 0.25) is 0 Å². The van der Waals surface area contributed by atoms with Crippen LogP contribution in [0.2, 0.25) is 0 Å². The van der Waals surface area contributed by atoms with Crippen molar-refractivity contribution in [2.75, 3.05) is 44.9 Å². The molecule has 4 aromatic rings. The van der Waals surface area contributed by atoms with E-state index >= 15 is 0 Å². The Labute approximate surface area is 250 Å². The molecule has 3 aromatic heterocycles. The summed E-state index contributed by atoms with van der Waals surface area (Å²) in [5, 5.41) is 1.12. The Balaban J connectivity index is 1.11. The molecule has 1 spiro atoms. The first kappa shape index (κ1) is 25.8. The predicted octanol–water partition coefficient (Wildman–Crippen LogP) is 3.80. The zero-order chi connectivity index (χ0) is 29.0. The lowest BCUT2D eigenvalue weighted by atomic mass is 9.79. The molecule has 224 valence electrons. The first-order valence-electron chi connectivity index (χ1n) is 15.9. The number of piperidine rings is 1. The molecule has 3 saturated heterocycles. The summed E-state index contributed by atoms with van der Waals surface area (Å²) in [6.45, 7) is 5.43. The number of amides is 1. The van der Waals surface area contributed by atoms with Crippen LogP contribution >= 0.6 is 0 Å². The Bertz CT molecular complexity index is 1770. The molecule has 2 unspecified atom stereocenters. The van der Waals surface area contributed by atoms with Crippen molar-refractivity contribution < 1.29 is 14.3 Å². The minimum Gasteiger partial charge on any atom is -0.494 e. The number of hydrogen-bond donors (Lipinski definition) is 1.